The van der Waals surface area contributed by atoms with Gasteiger partial charge in [0.1, 0.15) is 5.58 Å². The van der Waals surface area contributed by atoms with Gasteiger partial charge in [0.05, 0.1) is 0 Å². The van der Waals surface area contributed by atoms with E-state index in [1.807, 2.05) is 25.1 Å². The third-order valence-electron chi connectivity index (χ3n) is 2.58. The summed E-state index contributed by atoms with van der Waals surface area (Å²) in [7, 11) is 0. The van der Waals surface area contributed by atoms with E-state index in [0.717, 1.165) is 17.4 Å². The molecule has 15 heavy (non-hydrogen) atoms. The summed E-state index contributed by atoms with van der Waals surface area (Å²) in [5.74, 6) is 0.532. The van der Waals surface area contributed by atoms with Crippen LogP contribution in [0.15, 0.2) is 28.7 Å². The summed E-state index contributed by atoms with van der Waals surface area (Å²) in [6, 6.07) is 7.87. The fourth-order valence-electron chi connectivity index (χ4n) is 1.62. The Morgan fingerprint density at radius 3 is 2.73 bits per heavy atom. The lowest BCUT2D eigenvalue weighted by atomic mass is 10.1. The zero-order valence-electron chi connectivity index (χ0n) is 9.04. The Morgan fingerprint density at radius 2 is 2.07 bits per heavy atom. The summed E-state index contributed by atoms with van der Waals surface area (Å²) < 4.78 is 5.47. The van der Waals surface area contributed by atoms with Crippen molar-refractivity contribution in [2.45, 2.75) is 26.7 Å². The second-order valence-corrected chi connectivity index (χ2v) is 3.61. The zero-order valence-corrected chi connectivity index (χ0v) is 9.04. The van der Waals surface area contributed by atoms with E-state index < -0.39 is 0 Å². The average Bonchev–Trinajstić information content (AvgIpc) is 2.70. The molecular weight excluding hydrogens is 188 g/mol. The van der Waals surface area contributed by atoms with Gasteiger partial charge in [0, 0.05) is 11.8 Å². The van der Waals surface area contributed by atoms with Crippen LogP contribution < -0.4 is 0 Å². The first kappa shape index (κ1) is 9.97. The van der Waals surface area contributed by atoms with Crippen LogP contribution in [-0.2, 0) is 6.42 Å². The summed E-state index contributed by atoms with van der Waals surface area (Å²) in [5, 5.41) is 1.02. The number of aryl methyl sites for hydroxylation is 1. The zero-order chi connectivity index (χ0) is 10.8. The third kappa shape index (κ3) is 1.80. The summed E-state index contributed by atoms with van der Waals surface area (Å²) in [6.07, 6.45) is 1.48. The van der Waals surface area contributed by atoms with Crippen LogP contribution in [0.5, 0.6) is 0 Å². The van der Waals surface area contributed by atoms with Crippen molar-refractivity contribution in [3.05, 3.63) is 35.6 Å². The molecule has 1 aromatic carbocycles. The molecule has 0 saturated heterocycles. The van der Waals surface area contributed by atoms with Crippen LogP contribution in [0.1, 0.15) is 36.4 Å². The van der Waals surface area contributed by atoms with Gasteiger partial charge in [-0.25, -0.2) is 0 Å². The highest BCUT2D eigenvalue weighted by Crippen LogP contribution is 2.21. The van der Waals surface area contributed by atoms with Crippen molar-refractivity contribution in [3.8, 4) is 0 Å². The van der Waals surface area contributed by atoms with Crippen molar-refractivity contribution in [3.63, 3.8) is 0 Å². The minimum Gasteiger partial charge on any atom is -0.453 e. The molecule has 0 radical (unpaired) electrons. The fourth-order valence-corrected chi connectivity index (χ4v) is 1.62. The first-order valence-corrected chi connectivity index (χ1v) is 5.30. The van der Waals surface area contributed by atoms with Crippen molar-refractivity contribution >= 4 is 16.8 Å². The minimum atomic E-state index is 0.0595. The monoisotopic (exact) mass is 202 g/mol. The van der Waals surface area contributed by atoms with Crippen LogP contribution in [0.25, 0.3) is 11.0 Å². The number of hydrogen-bond donors (Lipinski definition) is 0. The van der Waals surface area contributed by atoms with E-state index in [-0.39, 0.29) is 5.78 Å². The Bertz CT molecular complexity index is 494. The first-order chi connectivity index (χ1) is 7.24. The molecular formula is C13H14O2. The van der Waals surface area contributed by atoms with E-state index in [1.54, 1.807) is 0 Å². The van der Waals surface area contributed by atoms with Gasteiger partial charge in [0.25, 0.3) is 0 Å². The molecule has 0 amide bonds. The molecule has 0 aliphatic rings. The van der Waals surface area contributed by atoms with Crippen LogP contribution in [0.2, 0.25) is 0 Å². The largest absolute Gasteiger partial charge is 0.453 e. The van der Waals surface area contributed by atoms with Crippen molar-refractivity contribution < 1.29 is 9.21 Å². The summed E-state index contributed by atoms with van der Waals surface area (Å²) in [4.78, 5) is 11.4. The second kappa shape index (κ2) is 3.89. The highest BCUT2D eigenvalue weighted by atomic mass is 16.3. The summed E-state index contributed by atoms with van der Waals surface area (Å²) in [5.41, 5.74) is 2.06. The van der Waals surface area contributed by atoms with E-state index in [0.29, 0.717) is 12.2 Å². The number of fused-ring (bicyclic) bond motifs is 1. The van der Waals surface area contributed by atoms with Gasteiger partial charge < -0.3 is 4.42 Å². The van der Waals surface area contributed by atoms with E-state index in [9.17, 15) is 4.79 Å². The Labute approximate surface area is 88.9 Å². The maximum absolute atomic E-state index is 11.4. The fraction of sp³-hybridized carbons (Fsp3) is 0.308. The van der Waals surface area contributed by atoms with Gasteiger partial charge in [-0.05, 0) is 30.2 Å². The van der Waals surface area contributed by atoms with Gasteiger partial charge in [0.2, 0.25) is 0 Å². The first-order valence-electron chi connectivity index (χ1n) is 5.30. The maximum Gasteiger partial charge on any atom is 0.197 e. The number of carbonyl (C=O) groups is 1. The maximum atomic E-state index is 11.4. The van der Waals surface area contributed by atoms with Crippen molar-refractivity contribution in [2.75, 3.05) is 0 Å². The summed E-state index contributed by atoms with van der Waals surface area (Å²) in [6.45, 7) is 3.95. The molecule has 1 aromatic heterocycles. The van der Waals surface area contributed by atoms with Crippen molar-refractivity contribution in [2.24, 2.45) is 0 Å². The number of benzene rings is 1. The van der Waals surface area contributed by atoms with Crippen LogP contribution in [0.4, 0.5) is 0 Å². The Kier molecular flexibility index (Phi) is 2.58. The number of carbonyl (C=O) groups excluding carboxylic acids is 1. The van der Waals surface area contributed by atoms with Crippen LogP contribution in [0, 0.1) is 0 Å². The van der Waals surface area contributed by atoms with Gasteiger partial charge in [-0.3, -0.25) is 4.79 Å². The number of hydrogen-bond acceptors (Lipinski definition) is 2. The minimum absolute atomic E-state index is 0.0595. The van der Waals surface area contributed by atoms with E-state index in [1.165, 1.54) is 5.56 Å². The molecule has 2 rings (SSSR count). The lowest BCUT2D eigenvalue weighted by Gasteiger charge is -1.93. The molecule has 0 atom stereocenters. The summed E-state index contributed by atoms with van der Waals surface area (Å²) >= 11 is 0. The van der Waals surface area contributed by atoms with Crippen molar-refractivity contribution in [1.82, 2.24) is 0 Å². The van der Waals surface area contributed by atoms with Gasteiger partial charge in [0.15, 0.2) is 11.5 Å². The van der Waals surface area contributed by atoms with Gasteiger partial charge in [-0.2, -0.15) is 0 Å². The second-order valence-electron chi connectivity index (χ2n) is 3.61. The molecule has 0 spiro atoms. The molecule has 2 heteroatoms. The van der Waals surface area contributed by atoms with Gasteiger partial charge in [-0.1, -0.05) is 19.9 Å². The Balaban J connectivity index is 2.51. The highest BCUT2D eigenvalue weighted by Gasteiger charge is 2.09. The molecule has 0 bridgehead atoms. The lowest BCUT2D eigenvalue weighted by molar-refractivity contribution is 0.0963. The predicted octanol–water partition coefficient (Wildman–Crippen LogP) is 3.59. The SMILES string of the molecule is CCC(=O)c1cc2cc(CC)ccc2o1. The molecule has 2 aromatic rings. The molecule has 0 fully saturated rings. The van der Waals surface area contributed by atoms with E-state index in [4.69, 9.17) is 4.42 Å². The van der Waals surface area contributed by atoms with Crippen LogP contribution in [0.3, 0.4) is 0 Å². The number of rotatable bonds is 3. The third-order valence-corrected chi connectivity index (χ3v) is 2.58. The smallest absolute Gasteiger partial charge is 0.197 e. The molecule has 1 heterocycles. The quantitative estimate of drug-likeness (QED) is 0.712. The molecule has 0 unspecified atom stereocenters. The topological polar surface area (TPSA) is 30.2 Å². The molecule has 0 aliphatic carbocycles. The standard InChI is InChI=1S/C13H14O2/c1-3-9-5-6-12-10(7-9)8-13(15-12)11(14)4-2/h5-8H,3-4H2,1-2H3. The normalized spacial score (nSPS) is 10.8. The Hall–Kier alpha value is -1.57. The number of ketones is 1. The van der Waals surface area contributed by atoms with Crippen LogP contribution in [-0.4, -0.2) is 5.78 Å². The van der Waals surface area contributed by atoms with E-state index >= 15 is 0 Å². The molecule has 0 saturated carbocycles. The average molecular weight is 202 g/mol. The highest BCUT2D eigenvalue weighted by molar-refractivity contribution is 5.97. The van der Waals surface area contributed by atoms with Crippen molar-refractivity contribution in [1.29, 1.82) is 0 Å². The van der Waals surface area contributed by atoms with Gasteiger partial charge in [-0.15, -0.1) is 0 Å². The van der Waals surface area contributed by atoms with Crippen LogP contribution >= 0.6 is 0 Å². The molecule has 2 nitrogen and oxygen atoms in total. The Morgan fingerprint density at radius 1 is 1.27 bits per heavy atom. The van der Waals surface area contributed by atoms with Gasteiger partial charge >= 0.3 is 0 Å². The molecule has 78 valence electrons. The van der Waals surface area contributed by atoms with E-state index in [2.05, 4.69) is 13.0 Å². The molecule has 0 aliphatic heterocycles. The molecule has 0 N–H and O–H groups in total. The predicted molar refractivity (Wildman–Crippen MR) is 60.2 cm³/mol. The number of Topliss-reactive ketones (excluding diaryl/α,β-unsaturated/α-hetero) is 1. The lowest BCUT2D eigenvalue weighted by Crippen LogP contribution is -1.92. The number of furan rings is 1.